The number of halogens is 1. The summed E-state index contributed by atoms with van der Waals surface area (Å²) < 4.78 is 30.0. The van der Waals surface area contributed by atoms with Gasteiger partial charge in [-0.05, 0) is 44.2 Å². The summed E-state index contributed by atoms with van der Waals surface area (Å²) in [7, 11) is -3.33. The zero-order valence-electron chi connectivity index (χ0n) is 15.2. The fourth-order valence-corrected chi connectivity index (χ4v) is 6.77. The quantitative estimate of drug-likeness (QED) is 0.850. The highest BCUT2D eigenvalue weighted by Crippen LogP contribution is 2.37. The van der Waals surface area contributed by atoms with Crippen LogP contribution in [0.1, 0.15) is 50.0 Å². The molecule has 146 valence electrons. The van der Waals surface area contributed by atoms with Gasteiger partial charge in [-0.2, -0.15) is 17.0 Å². The van der Waals surface area contributed by atoms with E-state index in [1.165, 1.54) is 5.56 Å². The lowest BCUT2D eigenvalue weighted by atomic mass is 9.81. The van der Waals surface area contributed by atoms with Crippen molar-refractivity contribution in [3.05, 3.63) is 35.9 Å². The predicted octanol–water partition coefficient (Wildman–Crippen LogP) is 2.75. The Kier molecular flexibility index (Phi) is 6.62. The Morgan fingerprint density at radius 2 is 1.65 bits per heavy atom. The van der Waals surface area contributed by atoms with E-state index in [0.717, 1.165) is 45.1 Å². The maximum atomic E-state index is 13.2. The lowest BCUT2D eigenvalue weighted by molar-refractivity contribution is 0.166. The van der Waals surface area contributed by atoms with Gasteiger partial charge < -0.3 is 5.32 Å². The highest BCUT2D eigenvalue weighted by atomic mass is 35.5. The van der Waals surface area contributed by atoms with Gasteiger partial charge in [0, 0.05) is 37.6 Å². The molecule has 7 heteroatoms. The normalized spacial score (nSPS) is 31.0. The number of rotatable bonds is 3. The van der Waals surface area contributed by atoms with Crippen molar-refractivity contribution >= 4 is 22.6 Å². The Hall–Kier alpha value is -0.660. The van der Waals surface area contributed by atoms with Gasteiger partial charge in [-0.1, -0.05) is 36.8 Å². The SMILES string of the molecule is Cl.O=S(=O)(N1CCCC1)N1CC[C@H](c2ccccc2)[C@H]2NCCCC[C@H]21. The molecule has 0 spiro atoms. The molecule has 1 aromatic carbocycles. The van der Waals surface area contributed by atoms with Crippen molar-refractivity contribution in [2.24, 2.45) is 0 Å². The zero-order chi connectivity index (χ0) is 17.3. The van der Waals surface area contributed by atoms with Crippen LogP contribution < -0.4 is 5.32 Å². The van der Waals surface area contributed by atoms with Crippen LogP contribution in [0.15, 0.2) is 30.3 Å². The van der Waals surface area contributed by atoms with E-state index in [0.29, 0.717) is 25.6 Å². The third kappa shape index (κ3) is 3.80. The number of piperidine rings is 1. The molecule has 0 aliphatic carbocycles. The monoisotopic (exact) mass is 399 g/mol. The molecule has 26 heavy (non-hydrogen) atoms. The van der Waals surface area contributed by atoms with E-state index < -0.39 is 10.2 Å². The molecule has 1 aromatic rings. The molecule has 3 atom stereocenters. The molecule has 1 N–H and O–H groups in total. The lowest BCUT2D eigenvalue weighted by Gasteiger charge is -2.45. The van der Waals surface area contributed by atoms with Crippen molar-refractivity contribution in [1.29, 1.82) is 0 Å². The minimum Gasteiger partial charge on any atom is -0.312 e. The summed E-state index contributed by atoms with van der Waals surface area (Å²) in [6, 6.07) is 10.9. The van der Waals surface area contributed by atoms with Crippen molar-refractivity contribution in [2.75, 3.05) is 26.2 Å². The molecule has 3 fully saturated rings. The number of hydrogen-bond donors (Lipinski definition) is 1. The molecule has 0 unspecified atom stereocenters. The largest absolute Gasteiger partial charge is 0.312 e. The number of nitrogens with zero attached hydrogens (tertiary/aromatic N) is 2. The molecule has 3 aliphatic heterocycles. The van der Waals surface area contributed by atoms with Crippen LogP contribution in [0.25, 0.3) is 0 Å². The number of fused-ring (bicyclic) bond motifs is 1. The van der Waals surface area contributed by atoms with Gasteiger partial charge in [0.2, 0.25) is 0 Å². The van der Waals surface area contributed by atoms with E-state index in [-0.39, 0.29) is 24.5 Å². The Morgan fingerprint density at radius 1 is 0.923 bits per heavy atom. The summed E-state index contributed by atoms with van der Waals surface area (Å²) in [6.07, 6.45) is 6.07. The van der Waals surface area contributed by atoms with Gasteiger partial charge in [0.15, 0.2) is 0 Å². The molecule has 4 rings (SSSR count). The molecule has 0 bridgehead atoms. The van der Waals surface area contributed by atoms with Crippen LogP contribution in [0.4, 0.5) is 0 Å². The van der Waals surface area contributed by atoms with E-state index in [1.54, 1.807) is 4.31 Å². The van der Waals surface area contributed by atoms with Gasteiger partial charge in [-0.15, -0.1) is 12.4 Å². The van der Waals surface area contributed by atoms with Crippen LogP contribution in [-0.2, 0) is 10.2 Å². The zero-order valence-corrected chi connectivity index (χ0v) is 16.9. The fourth-order valence-electron chi connectivity index (χ4n) is 4.84. The Labute approximate surface area is 163 Å². The van der Waals surface area contributed by atoms with Crippen molar-refractivity contribution in [2.45, 2.75) is 56.5 Å². The number of benzene rings is 1. The first-order valence-electron chi connectivity index (χ1n) is 9.73. The van der Waals surface area contributed by atoms with Gasteiger partial charge in [-0.3, -0.25) is 0 Å². The Morgan fingerprint density at radius 3 is 2.38 bits per heavy atom. The highest BCUT2D eigenvalue weighted by Gasteiger charge is 2.45. The van der Waals surface area contributed by atoms with Crippen LogP contribution in [0, 0.1) is 0 Å². The second kappa shape index (κ2) is 8.57. The Balaban J connectivity index is 0.00000196. The van der Waals surface area contributed by atoms with E-state index >= 15 is 0 Å². The van der Waals surface area contributed by atoms with E-state index in [4.69, 9.17) is 0 Å². The maximum absolute atomic E-state index is 13.2. The average molecular weight is 400 g/mol. The van der Waals surface area contributed by atoms with Crippen LogP contribution in [0.5, 0.6) is 0 Å². The summed E-state index contributed by atoms with van der Waals surface area (Å²) in [4.78, 5) is 0. The Bertz CT molecular complexity index is 679. The van der Waals surface area contributed by atoms with Gasteiger partial charge in [0.05, 0.1) is 0 Å². The second-order valence-electron chi connectivity index (χ2n) is 7.57. The van der Waals surface area contributed by atoms with Crippen molar-refractivity contribution < 1.29 is 8.42 Å². The summed E-state index contributed by atoms with van der Waals surface area (Å²) in [5.74, 6) is 0.398. The lowest BCUT2D eigenvalue weighted by Crippen LogP contribution is -2.60. The molecule has 5 nitrogen and oxygen atoms in total. The summed E-state index contributed by atoms with van der Waals surface area (Å²) in [5.41, 5.74) is 1.34. The molecule has 0 amide bonds. The van der Waals surface area contributed by atoms with Crippen molar-refractivity contribution in [3.63, 3.8) is 0 Å². The topological polar surface area (TPSA) is 52.7 Å². The number of nitrogens with one attached hydrogen (secondary N) is 1. The van der Waals surface area contributed by atoms with Gasteiger partial charge in [0.1, 0.15) is 0 Å². The molecule has 3 saturated heterocycles. The first-order valence-corrected chi connectivity index (χ1v) is 11.1. The first-order chi connectivity index (χ1) is 12.2. The van der Waals surface area contributed by atoms with Gasteiger partial charge in [0.25, 0.3) is 10.2 Å². The number of hydrogen-bond acceptors (Lipinski definition) is 3. The van der Waals surface area contributed by atoms with Crippen LogP contribution in [-0.4, -0.2) is 55.3 Å². The summed E-state index contributed by atoms with van der Waals surface area (Å²) >= 11 is 0. The van der Waals surface area contributed by atoms with Crippen LogP contribution in [0.2, 0.25) is 0 Å². The van der Waals surface area contributed by atoms with E-state index in [2.05, 4.69) is 35.6 Å². The standard InChI is InChI=1S/C19H29N3O2S.ClH/c23-25(24,21-13-6-7-14-21)22-15-11-17(16-8-2-1-3-9-16)19-18(22)10-4-5-12-20-19;/h1-3,8-9,17-20H,4-7,10-15H2;1H/t17-,18-,19-;/m1./s1. The minimum atomic E-state index is -3.33. The minimum absolute atomic E-state index is 0. The van der Waals surface area contributed by atoms with Gasteiger partial charge in [-0.25, -0.2) is 0 Å². The summed E-state index contributed by atoms with van der Waals surface area (Å²) in [5, 5.41) is 3.70. The third-order valence-electron chi connectivity index (χ3n) is 6.10. The smallest absolute Gasteiger partial charge is 0.282 e. The third-order valence-corrected chi connectivity index (χ3v) is 8.16. The second-order valence-corrected chi connectivity index (χ2v) is 9.45. The predicted molar refractivity (Wildman–Crippen MR) is 107 cm³/mol. The van der Waals surface area contributed by atoms with E-state index in [9.17, 15) is 8.42 Å². The molecule has 3 aliphatic rings. The van der Waals surface area contributed by atoms with Crippen LogP contribution in [0.3, 0.4) is 0 Å². The van der Waals surface area contributed by atoms with Gasteiger partial charge >= 0.3 is 0 Å². The fraction of sp³-hybridized carbons (Fsp3) is 0.684. The molecular weight excluding hydrogens is 370 g/mol. The first kappa shape index (κ1) is 20.1. The molecule has 0 saturated carbocycles. The molecule has 0 aromatic heterocycles. The summed E-state index contributed by atoms with van der Waals surface area (Å²) in [6.45, 7) is 3.00. The average Bonchev–Trinajstić information content (AvgIpc) is 3.08. The van der Waals surface area contributed by atoms with Crippen molar-refractivity contribution in [3.8, 4) is 0 Å². The molecule has 3 heterocycles. The van der Waals surface area contributed by atoms with E-state index in [1.807, 2.05) is 4.31 Å². The van der Waals surface area contributed by atoms with Crippen LogP contribution >= 0.6 is 12.4 Å². The highest BCUT2D eigenvalue weighted by molar-refractivity contribution is 7.86. The molecular formula is C19H30ClN3O2S. The molecule has 0 radical (unpaired) electrons. The van der Waals surface area contributed by atoms with Crippen molar-refractivity contribution in [1.82, 2.24) is 13.9 Å². The maximum Gasteiger partial charge on any atom is 0.282 e.